The van der Waals surface area contributed by atoms with Crippen LogP contribution in [0.5, 0.6) is 0 Å². The van der Waals surface area contributed by atoms with Crippen LogP contribution >= 0.6 is 0 Å². The van der Waals surface area contributed by atoms with E-state index in [1.54, 1.807) is 19.1 Å². The molecule has 0 radical (unpaired) electrons. The van der Waals surface area contributed by atoms with Crippen molar-refractivity contribution in [2.75, 3.05) is 18.5 Å². The summed E-state index contributed by atoms with van der Waals surface area (Å²) in [5.74, 6) is 0. The Bertz CT molecular complexity index is 414. The summed E-state index contributed by atoms with van der Waals surface area (Å²) in [5.41, 5.74) is 1.61. The second-order valence-corrected chi connectivity index (χ2v) is 4.27. The van der Waals surface area contributed by atoms with E-state index in [4.69, 9.17) is 4.74 Å². The van der Waals surface area contributed by atoms with Crippen LogP contribution in [0, 0.1) is 17.0 Å². The molecule has 1 aromatic carbocycles. The lowest BCUT2D eigenvalue weighted by atomic mass is 10.1. The van der Waals surface area contributed by atoms with Crippen LogP contribution in [0.25, 0.3) is 0 Å². The molecule has 0 amide bonds. The molecule has 92 valence electrons. The Kier molecular flexibility index (Phi) is 3.58. The molecule has 0 spiro atoms. The lowest BCUT2D eigenvalue weighted by Gasteiger charge is -2.12. The largest absolute Gasteiger partial charge is 0.382 e. The van der Waals surface area contributed by atoms with Crippen LogP contribution in [0.2, 0.25) is 0 Å². The van der Waals surface area contributed by atoms with Gasteiger partial charge < -0.3 is 10.1 Å². The molecule has 0 aromatic heterocycles. The molecule has 1 heterocycles. The summed E-state index contributed by atoms with van der Waals surface area (Å²) in [6.07, 6.45) is 2.39. The van der Waals surface area contributed by atoms with Crippen LogP contribution in [0.1, 0.15) is 18.4 Å². The first-order chi connectivity index (χ1) is 8.16. The summed E-state index contributed by atoms with van der Waals surface area (Å²) in [7, 11) is 0. The molecule has 1 N–H and O–H groups in total. The molecule has 5 heteroatoms. The normalized spacial score (nSPS) is 19.2. The van der Waals surface area contributed by atoms with Crippen LogP contribution in [0.15, 0.2) is 18.2 Å². The number of anilines is 1. The molecule has 1 atom stereocenters. The van der Waals surface area contributed by atoms with E-state index >= 15 is 0 Å². The van der Waals surface area contributed by atoms with Gasteiger partial charge in [-0.25, -0.2) is 0 Å². The maximum Gasteiger partial charge on any atom is 0.274 e. The minimum absolute atomic E-state index is 0.155. The molecule has 5 nitrogen and oxygen atoms in total. The number of nitrogens with one attached hydrogen (secondary N) is 1. The lowest BCUT2D eigenvalue weighted by Crippen LogP contribution is -2.18. The Morgan fingerprint density at radius 2 is 2.41 bits per heavy atom. The van der Waals surface area contributed by atoms with Crippen molar-refractivity contribution >= 4 is 11.4 Å². The van der Waals surface area contributed by atoms with Crippen molar-refractivity contribution in [2.24, 2.45) is 0 Å². The Hall–Kier alpha value is -1.62. The molecule has 1 aliphatic rings. The van der Waals surface area contributed by atoms with E-state index < -0.39 is 0 Å². The van der Waals surface area contributed by atoms with Gasteiger partial charge in [-0.1, -0.05) is 6.07 Å². The highest BCUT2D eigenvalue weighted by atomic mass is 16.6. The second kappa shape index (κ2) is 5.14. The van der Waals surface area contributed by atoms with Crippen molar-refractivity contribution < 1.29 is 9.66 Å². The highest BCUT2D eigenvalue weighted by Gasteiger charge is 2.16. The monoisotopic (exact) mass is 236 g/mol. The summed E-state index contributed by atoms with van der Waals surface area (Å²) in [5, 5.41) is 14.0. The van der Waals surface area contributed by atoms with Gasteiger partial charge in [0.1, 0.15) is 0 Å². The smallest absolute Gasteiger partial charge is 0.274 e. The zero-order valence-corrected chi connectivity index (χ0v) is 9.81. The van der Waals surface area contributed by atoms with Crippen LogP contribution in [-0.2, 0) is 4.74 Å². The number of rotatable bonds is 4. The molecule has 0 saturated carbocycles. The highest BCUT2D eigenvalue weighted by molar-refractivity contribution is 5.54. The molecule has 0 aliphatic carbocycles. The molecule has 0 bridgehead atoms. The number of hydrogen-bond acceptors (Lipinski definition) is 4. The van der Waals surface area contributed by atoms with E-state index in [1.807, 2.05) is 6.07 Å². The fourth-order valence-electron chi connectivity index (χ4n) is 1.95. The third-order valence-corrected chi connectivity index (χ3v) is 2.96. The number of nitro benzene ring substituents is 1. The Morgan fingerprint density at radius 3 is 3.06 bits per heavy atom. The number of ether oxygens (including phenoxy) is 1. The van der Waals surface area contributed by atoms with E-state index in [9.17, 15) is 10.1 Å². The van der Waals surface area contributed by atoms with Gasteiger partial charge in [0, 0.05) is 30.5 Å². The molecule has 1 aromatic rings. The maximum absolute atomic E-state index is 10.8. The fourth-order valence-corrected chi connectivity index (χ4v) is 1.95. The number of benzene rings is 1. The Morgan fingerprint density at radius 1 is 1.59 bits per heavy atom. The van der Waals surface area contributed by atoms with E-state index in [0.717, 1.165) is 25.1 Å². The topological polar surface area (TPSA) is 64.4 Å². The van der Waals surface area contributed by atoms with Crippen LogP contribution in [-0.4, -0.2) is 24.2 Å². The predicted molar refractivity (Wildman–Crippen MR) is 65.3 cm³/mol. The zero-order valence-electron chi connectivity index (χ0n) is 9.81. The number of aryl methyl sites for hydroxylation is 1. The average Bonchev–Trinajstić information content (AvgIpc) is 2.80. The third-order valence-electron chi connectivity index (χ3n) is 2.96. The average molecular weight is 236 g/mol. The van der Waals surface area contributed by atoms with Gasteiger partial charge in [0.15, 0.2) is 0 Å². The standard InChI is InChI=1S/C12H16N2O3/c1-9-4-5-10(7-12(9)14(15)16)13-8-11-3-2-6-17-11/h4-5,7,11,13H,2-3,6,8H2,1H3. The molecular weight excluding hydrogens is 220 g/mol. The van der Waals surface area contributed by atoms with Crippen molar-refractivity contribution in [1.82, 2.24) is 0 Å². The lowest BCUT2D eigenvalue weighted by molar-refractivity contribution is -0.385. The SMILES string of the molecule is Cc1ccc(NCC2CCCO2)cc1[N+](=O)[O-]. The van der Waals surface area contributed by atoms with Gasteiger partial charge in [-0.15, -0.1) is 0 Å². The maximum atomic E-state index is 10.8. The highest BCUT2D eigenvalue weighted by Crippen LogP contribution is 2.22. The summed E-state index contributed by atoms with van der Waals surface area (Å²) >= 11 is 0. The van der Waals surface area contributed by atoms with E-state index in [2.05, 4.69) is 5.32 Å². The van der Waals surface area contributed by atoms with E-state index in [-0.39, 0.29) is 16.7 Å². The number of nitrogens with zero attached hydrogens (tertiary/aromatic N) is 1. The minimum atomic E-state index is -0.355. The third kappa shape index (κ3) is 2.94. The summed E-state index contributed by atoms with van der Waals surface area (Å²) < 4.78 is 5.48. The Balaban J connectivity index is 2.00. The number of nitro groups is 1. The van der Waals surface area contributed by atoms with Gasteiger partial charge in [0.05, 0.1) is 11.0 Å². The van der Waals surface area contributed by atoms with Crippen molar-refractivity contribution in [2.45, 2.75) is 25.9 Å². The molecule has 1 saturated heterocycles. The van der Waals surface area contributed by atoms with Gasteiger partial charge in [-0.3, -0.25) is 10.1 Å². The van der Waals surface area contributed by atoms with Crippen molar-refractivity contribution in [3.63, 3.8) is 0 Å². The molecular formula is C12H16N2O3. The second-order valence-electron chi connectivity index (χ2n) is 4.27. The van der Waals surface area contributed by atoms with Crippen LogP contribution in [0.3, 0.4) is 0 Å². The van der Waals surface area contributed by atoms with E-state index in [1.165, 1.54) is 0 Å². The van der Waals surface area contributed by atoms with Crippen LogP contribution in [0.4, 0.5) is 11.4 Å². The van der Waals surface area contributed by atoms with Crippen molar-refractivity contribution in [3.05, 3.63) is 33.9 Å². The predicted octanol–water partition coefficient (Wildman–Crippen LogP) is 2.49. The van der Waals surface area contributed by atoms with Gasteiger partial charge in [-0.2, -0.15) is 0 Å². The van der Waals surface area contributed by atoms with Crippen LogP contribution < -0.4 is 5.32 Å². The molecule has 2 rings (SSSR count). The fraction of sp³-hybridized carbons (Fsp3) is 0.500. The quantitative estimate of drug-likeness (QED) is 0.644. The molecule has 1 fully saturated rings. The van der Waals surface area contributed by atoms with E-state index in [0.29, 0.717) is 12.1 Å². The zero-order chi connectivity index (χ0) is 12.3. The van der Waals surface area contributed by atoms with Gasteiger partial charge in [-0.05, 0) is 25.8 Å². The first-order valence-corrected chi connectivity index (χ1v) is 5.77. The number of hydrogen-bond donors (Lipinski definition) is 1. The minimum Gasteiger partial charge on any atom is -0.382 e. The van der Waals surface area contributed by atoms with Crippen molar-refractivity contribution in [1.29, 1.82) is 0 Å². The first kappa shape index (κ1) is 11.9. The summed E-state index contributed by atoms with van der Waals surface area (Å²) in [6.45, 7) is 3.27. The molecule has 17 heavy (non-hydrogen) atoms. The van der Waals surface area contributed by atoms with Gasteiger partial charge in [0.2, 0.25) is 0 Å². The molecule has 1 unspecified atom stereocenters. The molecule has 1 aliphatic heterocycles. The summed E-state index contributed by atoms with van der Waals surface area (Å²) in [4.78, 5) is 10.4. The first-order valence-electron chi connectivity index (χ1n) is 5.77. The van der Waals surface area contributed by atoms with Crippen molar-refractivity contribution in [3.8, 4) is 0 Å². The Labute approximate surface area is 99.9 Å². The van der Waals surface area contributed by atoms with Gasteiger partial charge in [0.25, 0.3) is 5.69 Å². The van der Waals surface area contributed by atoms with Gasteiger partial charge >= 0.3 is 0 Å². The summed E-state index contributed by atoms with van der Waals surface area (Å²) in [6, 6.07) is 5.19.